The van der Waals surface area contributed by atoms with Crippen LogP contribution in [0.15, 0.2) is 77.4 Å². The Morgan fingerprint density at radius 2 is 1.92 bits per heavy atom. The Hall–Kier alpha value is -3.91. The molecule has 2 heterocycles. The highest BCUT2D eigenvalue weighted by Gasteiger charge is 2.28. The van der Waals surface area contributed by atoms with Crippen molar-refractivity contribution in [3.63, 3.8) is 0 Å². The summed E-state index contributed by atoms with van der Waals surface area (Å²) in [6, 6.07) is 18.4. The predicted molar refractivity (Wildman–Crippen MR) is 144 cm³/mol. The average Bonchev–Trinajstić information content (AvgIpc) is 3.35. The molecule has 5 rings (SSSR count). The minimum absolute atomic E-state index is 0.0769. The zero-order valence-corrected chi connectivity index (χ0v) is 22.1. The first kappa shape index (κ1) is 24.8. The number of allylic oxidation sites excluding steroid dienone is 1. The van der Waals surface area contributed by atoms with E-state index in [-0.39, 0.29) is 29.3 Å². The van der Waals surface area contributed by atoms with Crippen molar-refractivity contribution in [1.29, 1.82) is 0 Å². The van der Waals surface area contributed by atoms with Gasteiger partial charge in [0.1, 0.15) is 35.2 Å². The van der Waals surface area contributed by atoms with Crippen LogP contribution in [0, 0.1) is 0 Å². The van der Waals surface area contributed by atoms with Crippen LogP contribution < -0.4 is 9.47 Å². The fraction of sp³-hybridized carbons (Fsp3) is 0.207. The predicted octanol–water partition coefficient (Wildman–Crippen LogP) is 6.31. The Labute approximate surface area is 223 Å². The molecule has 4 aromatic rings. The van der Waals surface area contributed by atoms with Crippen molar-refractivity contribution in [3.8, 4) is 22.9 Å². The van der Waals surface area contributed by atoms with Gasteiger partial charge in [0, 0.05) is 10.5 Å². The maximum Gasteiger partial charge on any atom is 0.189 e. The van der Waals surface area contributed by atoms with Crippen LogP contribution in [-0.2, 0) is 13.0 Å². The molecule has 0 fully saturated rings. The van der Waals surface area contributed by atoms with Gasteiger partial charge >= 0.3 is 0 Å². The highest BCUT2D eigenvalue weighted by Crippen LogP contribution is 2.37. The number of aromatic nitrogens is 3. The van der Waals surface area contributed by atoms with E-state index in [0.29, 0.717) is 17.2 Å². The summed E-state index contributed by atoms with van der Waals surface area (Å²) in [5.41, 5.74) is 3.38. The van der Waals surface area contributed by atoms with Crippen LogP contribution in [0.2, 0.25) is 0 Å². The monoisotopic (exact) mass is 559 g/mol. The normalized spacial score (nSPS) is 14.2. The summed E-state index contributed by atoms with van der Waals surface area (Å²) in [7, 11) is 0. The minimum Gasteiger partial charge on any atom is -0.507 e. The molecular formula is C29H26BrN3O4. The van der Waals surface area contributed by atoms with E-state index in [0.717, 1.165) is 34.1 Å². The van der Waals surface area contributed by atoms with Crippen molar-refractivity contribution < 1.29 is 19.4 Å². The quantitative estimate of drug-likeness (QED) is 0.211. The first-order valence-corrected chi connectivity index (χ1v) is 12.7. The fourth-order valence-corrected chi connectivity index (χ4v) is 4.33. The molecule has 8 heteroatoms. The molecule has 0 saturated heterocycles. The first-order valence-electron chi connectivity index (χ1n) is 11.9. The van der Waals surface area contributed by atoms with Crippen LogP contribution in [0.4, 0.5) is 0 Å². The van der Waals surface area contributed by atoms with Crippen LogP contribution in [0.25, 0.3) is 11.8 Å². The smallest absolute Gasteiger partial charge is 0.189 e. The second-order valence-corrected chi connectivity index (χ2v) is 10.4. The zero-order valence-electron chi connectivity index (χ0n) is 20.5. The Balaban J connectivity index is 1.19. The molecule has 37 heavy (non-hydrogen) atoms. The molecule has 3 aromatic carbocycles. The summed E-state index contributed by atoms with van der Waals surface area (Å²) in [5, 5.41) is 18.7. The lowest BCUT2D eigenvalue weighted by Gasteiger charge is -2.32. The van der Waals surface area contributed by atoms with Crippen molar-refractivity contribution in [2.75, 3.05) is 0 Å². The SMILES string of the molecule is CC1(C)CCc2cc(C(=O)/C=C/c3ccc(OCc4cn(-c5ccc(Br)cc5)nn4)cc3)c(O)cc2O1. The molecule has 7 nitrogen and oxygen atoms in total. The van der Waals surface area contributed by atoms with Crippen molar-refractivity contribution in [2.45, 2.75) is 38.9 Å². The Bertz CT molecular complexity index is 1460. The van der Waals surface area contributed by atoms with Crippen LogP contribution in [0.5, 0.6) is 17.2 Å². The van der Waals surface area contributed by atoms with E-state index in [1.807, 2.05) is 68.6 Å². The molecule has 0 spiro atoms. The number of aromatic hydroxyl groups is 1. The molecule has 1 N–H and O–H groups in total. The van der Waals surface area contributed by atoms with Gasteiger partial charge in [-0.15, -0.1) is 5.10 Å². The summed E-state index contributed by atoms with van der Waals surface area (Å²) in [4.78, 5) is 12.8. The minimum atomic E-state index is -0.279. The molecule has 1 aliphatic rings. The number of phenolic OH excluding ortho intramolecular Hbond substituents is 1. The lowest BCUT2D eigenvalue weighted by Crippen LogP contribution is -2.32. The van der Waals surface area contributed by atoms with Gasteiger partial charge in [-0.1, -0.05) is 39.4 Å². The molecule has 0 saturated carbocycles. The molecule has 0 bridgehead atoms. The summed E-state index contributed by atoms with van der Waals surface area (Å²) in [5.74, 6) is 0.976. The highest BCUT2D eigenvalue weighted by atomic mass is 79.9. The van der Waals surface area contributed by atoms with Gasteiger partial charge in [-0.05, 0) is 86.4 Å². The highest BCUT2D eigenvalue weighted by molar-refractivity contribution is 9.10. The number of rotatable bonds is 7. The van der Waals surface area contributed by atoms with Crippen molar-refractivity contribution in [1.82, 2.24) is 15.0 Å². The van der Waals surface area contributed by atoms with Gasteiger partial charge in [-0.2, -0.15) is 0 Å². The van der Waals surface area contributed by atoms with Crippen molar-refractivity contribution in [2.24, 2.45) is 0 Å². The van der Waals surface area contributed by atoms with Crippen LogP contribution in [0.3, 0.4) is 0 Å². The fourth-order valence-electron chi connectivity index (χ4n) is 4.06. The number of fused-ring (bicyclic) bond motifs is 1. The maximum absolute atomic E-state index is 12.8. The van der Waals surface area contributed by atoms with Gasteiger partial charge in [0.25, 0.3) is 0 Å². The van der Waals surface area contributed by atoms with E-state index in [2.05, 4.69) is 26.2 Å². The second kappa shape index (κ2) is 10.2. The number of carbonyl (C=O) groups excluding carboxylic acids is 1. The summed E-state index contributed by atoms with van der Waals surface area (Å²) < 4.78 is 14.5. The number of ketones is 1. The number of aryl methyl sites for hydroxylation is 1. The van der Waals surface area contributed by atoms with Gasteiger partial charge < -0.3 is 14.6 Å². The van der Waals surface area contributed by atoms with E-state index < -0.39 is 0 Å². The topological polar surface area (TPSA) is 86.5 Å². The Morgan fingerprint density at radius 3 is 2.68 bits per heavy atom. The van der Waals surface area contributed by atoms with E-state index in [1.54, 1.807) is 22.9 Å². The van der Waals surface area contributed by atoms with E-state index in [4.69, 9.17) is 9.47 Å². The van der Waals surface area contributed by atoms with E-state index >= 15 is 0 Å². The lowest BCUT2D eigenvalue weighted by molar-refractivity contribution is 0.0842. The third-order valence-electron chi connectivity index (χ3n) is 6.15. The van der Waals surface area contributed by atoms with Crippen molar-refractivity contribution in [3.05, 3.63) is 99.8 Å². The number of carbonyl (C=O) groups is 1. The van der Waals surface area contributed by atoms with Gasteiger partial charge in [0.2, 0.25) is 0 Å². The number of halogens is 1. The number of nitrogens with zero attached hydrogens (tertiary/aromatic N) is 3. The number of ether oxygens (including phenoxy) is 2. The Kier molecular flexibility index (Phi) is 6.84. The summed E-state index contributed by atoms with van der Waals surface area (Å²) in [6.45, 7) is 4.31. The molecule has 1 aliphatic heterocycles. The van der Waals surface area contributed by atoms with Crippen LogP contribution >= 0.6 is 15.9 Å². The van der Waals surface area contributed by atoms with Crippen LogP contribution in [0.1, 0.15) is 47.4 Å². The number of hydrogen-bond donors (Lipinski definition) is 1. The maximum atomic E-state index is 12.8. The van der Waals surface area contributed by atoms with Gasteiger partial charge in [0.15, 0.2) is 5.78 Å². The molecule has 188 valence electrons. The largest absolute Gasteiger partial charge is 0.507 e. The molecular weight excluding hydrogens is 534 g/mol. The molecule has 0 unspecified atom stereocenters. The average molecular weight is 560 g/mol. The summed E-state index contributed by atoms with van der Waals surface area (Å²) in [6.07, 6.45) is 6.66. The molecule has 0 aliphatic carbocycles. The van der Waals surface area contributed by atoms with Gasteiger partial charge in [-0.25, -0.2) is 4.68 Å². The molecule has 0 amide bonds. The second-order valence-electron chi connectivity index (χ2n) is 9.52. The van der Waals surface area contributed by atoms with Crippen molar-refractivity contribution >= 4 is 27.8 Å². The number of phenols is 1. The third kappa shape index (κ3) is 5.91. The first-order chi connectivity index (χ1) is 17.8. The third-order valence-corrected chi connectivity index (χ3v) is 6.68. The Morgan fingerprint density at radius 1 is 1.16 bits per heavy atom. The van der Waals surface area contributed by atoms with Crippen LogP contribution in [-0.4, -0.2) is 31.5 Å². The molecule has 0 atom stereocenters. The number of hydrogen-bond acceptors (Lipinski definition) is 6. The van der Waals surface area contributed by atoms with Gasteiger partial charge in [-0.3, -0.25) is 4.79 Å². The van der Waals surface area contributed by atoms with E-state index in [9.17, 15) is 9.90 Å². The molecule has 0 radical (unpaired) electrons. The lowest BCUT2D eigenvalue weighted by atomic mass is 9.92. The zero-order chi connectivity index (χ0) is 26.0. The summed E-state index contributed by atoms with van der Waals surface area (Å²) >= 11 is 3.42. The number of benzene rings is 3. The molecule has 1 aromatic heterocycles. The van der Waals surface area contributed by atoms with E-state index in [1.165, 1.54) is 6.08 Å². The standard InChI is InChI=1S/C29H26BrN3O4/c1-29(2)14-13-20-15-25(27(35)16-28(20)37-29)26(34)12-5-19-3-10-24(11-4-19)36-18-22-17-33(32-31-22)23-8-6-21(30)7-9-23/h3-12,15-17,35H,13-14,18H2,1-2H3/b12-5+. The van der Waals surface area contributed by atoms with Gasteiger partial charge in [0.05, 0.1) is 17.4 Å².